The molecule has 0 spiro atoms. The first-order valence-corrected chi connectivity index (χ1v) is 7.08. The number of hydrogen-bond acceptors (Lipinski definition) is 3. The fourth-order valence-electron chi connectivity index (χ4n) is 2.23. The standard InChI is InChI=1S/C13H19NO2S/c1-2-11(12-4-3-7-17-12)14(9-13(15)16)8-10-5-6-10/h3-4,7,10-11H,2,5-6,8-9H2,1H3,(H,15,16). The van der Waals surface area contributed by atoms with E-state index >= 15 is 0 Å². The predicted octanol–water partition coefficient (Wildman–Crippen LogP) is 3.00. The first-order chi connectivity index (χ1) is 8.20. The van der Waals surface area contributed by atoms with E-state index < -0.39 is 5.97 Å². The molecular weight excluding hydrogens is 234 g/mol. The molecule has 4 heteroatoms. The molecule has 2 rings (SSSR count). The van der Waals surface area contributed by atoms with Gasteiger partial charge >= 0.3 is 5.97 Å². The molecule has 1 fully saturated rings. The van der Waals surface area contributed by atoms with Crippen LogP contribution in [0.3, 0.4) is 0 Å². The summed E-state index contributed by atoms with van der Waals surface area (Å²) in [5.41, 5.74) is 0. The number of aliphatic carboxylic acids is 1. The summed E-state index contributed by atoms with van der Waals surface area (Å²) in [6, 6.07) is 4.42. The van der Waals surface area contributed by atoms with E-state index in [-0.39, 0.29) is 12.6 Å². The Hall–Kier alpha value is -0.870. The molecule has 0 aromatic carbocycles. The van der Waals surface area contributed by atoms with Crippen LogP contribution in [0, 0.1) is 5.92 Å². The van der Waals surface area contributed by atoms with Crippen LogP contribution in [0.25, 0.3) is 0 Å². The molecule has 0 bridgehead atoms. The van der Waals surface area contributed by atoms with Crippen LogP contribution in [0.15, 0.2) is 17.5 Å². The Balaban J connectivity index is 2.07. The van der Waals surface area contributed by atoms with Crippen molar-refractivity contribution >= 4 is 17.3 Å². The smallest absolute Gasteiger partial charge is 0.317 e. The van der Waals surface area contributed by atoms with Gasteiger partial charge in [0.2, 0.25) is 0 Å². The largest absolute Gasteiger partial charge is 0.480 e. The van der Waals surface area contributed by atoms with Crippen molar-refractivity contribution in [3.8, 4) is 0 Å². The van der Waals surface area contributed by atoms with Gasteiger partial charge < -0.3 is 5.11 Å². The van der Waals surface area contributed by atoms with Crippen molar-refractivity contribution in [2.45, 2.75) is 32.2 Å². The van der Waals surface area contributed by atoms with Gasteiger partial charge in [0, 0.05) is 17.5 Å². The van der Waals surface area contributed by atoms with Crippen LogP contribution in [0.1, 0.15) is 37.1 Å². The van der Waals surface area contributed by atoms with Gasteiger partial charge in [-0.15, -0.1) is 11.3 Å². The fourth-order valence-corrected chi connectivity index (χ4v) is 3.17. The van der Waals surface area contributed by atoms with Crippen molar-refractivity contribution in [2.24, 2.45) is 5.92 Å². The van der Waals surface area contributed by atoms with Crippen molar-refractivity contribution in [1.82, 2.24) is 4.90 Å². The Labute approximate surface area is 106 Å². The predicted molar refractivity (Wildman–Crippen MR) is 69.3 cm³/mol. The average molecular weight is 253 g/mol. The molecule has 1 aliphatic rings. The molecule has 1 unspecified atom stereocenters. The summed E-state index contributed by atoms with van der Waals surface area (Å²) in [7, 11) is 0. The number of carboxylic acid groups (broad SMARTS) is 1. The number of carboxylic acids is 1. The van der Waals surface area contributed by atoms with Crippen molar-refractivity contribution in [1.29, 1.82) is 0 Å². The van der Waals surface area contributed by atoms with Gasteiger partial charge in [0.15, 0.2) is 0 Å². The third-order valence-corrected chi connectivity index (χ3v) is 4.20. The summed E-state index contributed by atoms with van der Waals surface area (Å²) in [6.45, 7) is 3.22. The number of thiophene rings is 1. The van der Waals surface area contributed by atoms with Gasteiger partial charge in [-0.05, 0) is 36.6 Å². The van der Waals surface area contributed by atoms with Crippen molar-refractivity contribution in [3.05, 3.63) is 22.4 Å². The van der Waals surface area contributed by atoms with Crippen molar-refractivity contribution < 1.29 is 9.90 Å². The van der Waals surface area contributed by atoms with Gasteiger partial charge in [-0.2, -0.15) is 0 Å². The van der Waals surface area contributed by atoms with Crippen LogP contribution in [0.5, 0.6) is 0 Å². The Bertz CT molecular complexity index is 360. The molecule has 0 amide bonds. The maximum atomic E-state index is 11.0. The Kier molecular flexibility index (Phi) is 4.18. The summed E-state index contributed by atoms with van der Waals surface area (Å²) in [5.74, 6) is 0.00372. The Morgan fingerprint density at radius 3 is 2.88 bits per heavy atom. The third-order valence-electron chi connectivity index (χ3n) is 3.23. The van der Waals surface area contributed by atoms with Gasteiger partial charge in [0.25, 0.3) is 0 Å². The molecule has 1 aliphatic carbocycles. The molecule has 17 heavy (non-hydrogen) atoms. The zero-order chi connectivity index (χ0) is 12.3. The zero-order valence-electron chi connectivity index (χ0n) is 10.1. The van der Waals surface area contributed by atoms with E-state index in [0.717, 1.165) is 18.9 Å². The summed E-state index contributed by atoms with van der Waals surface area (Å²) >= 11 is 1.72. The Morgan fingerprint density at radius 1 is 1.65 bits per heavy atom. The lowest BCUT2D eigenvalue weighted by Gasteiger charge is -2.29. The van der Waals surface area contributed by atoms with Gasteiger partial charge in [0.1, 0.15) is 0 Å². The van der Waals surface area contributed by atoms with E-state index in [9.17, 15) is 4.79 Å². The molecule has 1 aromatic heterocycles. The summed E-state index contributed by atoms with van der Waals surface area (Å²) in [6.07, 6.45) is 3.49. The van der Waals surface area contributed by atoms with Crippen LogP contribution in [0.2, 0.25) is 0 Å². The topological polar surface area (TPSA) is 40.5 Å². The minimum atomic E-state index is -0.722. The van der Waals surface area contributed by atoms with E-state index in [4.69, 9.17) is 5.11 Å². The first kappa shape index (κ1) is 12.6. The van der Waals surface area contributed by atoms with Crippen LogP contribution in [-0.2, 0) is 4.79 Å². The van der Waals surface area contributed by atoms with E-state index in [1.807, 2.05) is 6.07 Å². The molecule has 1 atom stereocenters. The van der Waals surface area contributed by atoms with Gasteiger partial charge in [-0.25, -0.2) is 0 Å². The highest BCUT2D eigenvalue weighted by molar-refractivity contribution is 7.10. The Morgan fingerprint density at radius 2 is 2.41 bits per heavy atom. The number of nitrogens with zero attached hydrogens (tertiary/aromatic N) is 1. The second kappa shape index (κ2) is 5.65. The number of hydrogen-bond donors (Lipinski definition) is 1. The number of carbonyl (C=O) groups is 1. The van der Waals surface area contributed by atoms with Crippen LogP contribution >= 0.6 is 11.3 Å². The minimum absolute atomic E-state index is 0.160. The summed E-state index contributed by atoms with van der Waals surface area (Å²) in [5, 5.41) is 11.1. The molecular formula is C13H19NO2S. The zero-order valence-corrected chi connectivity index (χ0v) is 10.9. The molecule has 0 aliphatic heterocycles. The number of rotatable bonds is 7. The van der Waals surface area contributed by atoms with E-state index in [2.05, 4.69) is 23.3 Å². The lowest BCUT2D eigenvalue weighted by molar-refractivity contribution is -0.139. The normalized spacial score (nSPS) is 17.3. The molecule has 3 nitrogen and oxygen atoms in total. The first-order valence-electron chi connectivity index (χ1n) is 6.20. The van der Waals surface area contributed by atoms with Gasteiger partial charge in [-0.3, -0.25) is 9.69 Å². The van der Waals surface area contributed by atoms with Crippen LogP contribution in [-0.4, -0.2) is 29.1 Å². The van der Waals surface area contributed by atoms with Crippen LogP contribution < -0.4 is 0 Å². The second-order valence-corrected chi connectivity index (χ2v) is 5.69. The van der Waals surface area contributed by atoms with Crippen molar-refractivity contribution in [2.75, 3.05) is 13.1 Å². The van der Waals surface area contributed by atoms with Crippen molar-refractivity contribution in [3.63, 3.8) is 0 Å². The highest BCUT2D eigenvalue weighted by Crippen LogP contribution is 2.34. The molecule has 0 saturated heterocycles. The highest BCUT2D eigenvalue weighted by atomic mass is 32.1. The van der Waals surface area contributed by atoms with E-state index in [1.165, 1.54) is 17.7 Å². The molecule has 1 N–H and O–H groups in total. The average Bonchev–Trinajstić information content (AvgIpc) is 2.93. The maximum Gasteiger partial charge on any atom is 0.317 e. The molecule has 1 saturated carbocycles. The molecule has 94 valence electrons. The highest BCUT2D eigenvalue weighted by Gasteiger charge is 2.29. The lowest BCUT2D eigenvalue weighted by Crippen LogP contribution is -2.34. The second-order valence-electron chi connectivity index (χ2n) is 4.71. The van der Waals surface area contributed by atoms with Gasteiger partial charge in [-0.1, -0.05) is 13.0 Å². The lowest BCUT2D eigenvalue weighted by atomic mass is 10.1. The summed E-state index contributed by atoms with van der Waals surface area (Å²) in [4.78, 5) is 14.4. The summed E-state index contributed by atoms with van der Waals surface area (Å²) < 4.78 is 0. The quantitative estimate of drug-likeness (QED) is 0.812. The third kappa shape index (κ3) is 3.54. The monoisotopic (exact) mass is 253 g/mol. The van der Waals surface area contributed by atoms with E-state index in [1.54, 1.807) is 11.3 Å². The molecule has 1 aromatic rings. The fraction of sp³-hybridized carbons (Fsp3) is 0.615. The van der Waals surface area contributed by atoms with Gasteiger partial charge in [0.05, 0.1) is 6.54 Å². The van der Waals surface area contributed by atoms with Crippen LogP contribution in [0.4, 0.5) is 0 Å². The molecule has 1 heterocycles. The maximum absolute atomic E-state index is 11.0. The minimum Gasteiger partial charge on any atom is -0.480 e. The molecule has 0 radical (unpaired) electrons. The van der Waals surface area contributed by atoms with E-state index in [0.29, 0.717) is 0 Å². The SMILES string of the molecule is CCC(c1cccs1)N(CC(=O)O)CC1CC1.